The molecule has 0 atom stereocenters. The van der Waals surface area contributed by atoms with Gasteiger partial charge >= 0.3 is 0 Å². The van der Waals surface area contributed by atoms with Crippen LogP contribution in [0, 0.1) is 0 Å². The lowest BCUT2D eigenvalue weighted by atomic mass is 10.3. The topological polar surface area (TPSA) is 3.24 Å². The molecule has 0 aromatic heterocycles. The summed E-state index contributed by atoms with van der Waals surface area (Å²) in [5.41, 5.74) is 0. The maximum atomic E-state index is 2.18. The molecule has 0 N–H and O–H groups in total. The second-order valence-corrected chi connectivity index (χ2v) is 2.01. The fourth-order valence-electron chi connectivity index (χ4n) is 0.724. The molecule has 1 aliphatic rings. The first-order chi connectivity index (χ1) is 3.89. The lowest BCUT2D eigenvalue weighted by molar-refractivity contribution is 0.626. The Morgan fingerprint density at radius 1 is 1.12 bits per heavy atom. The molecule has 1 heteroatoms. The van der Waals surface area contributed by atoms with Gasteiger partial charge in [-0.1, -0.05) is 12.2 Å². The molecule has 0 saturated heterocycles. The number of allylic oxidation sites excluding steroid dienone is 2. The largest absolute Gasteiger partial charge is 0.358 e. The van der Waals surface area contributed by atoms with Crippen LogP contribution >= 0.6 is 0 Å². The number of rotatable bonds is 0. The van der Waals surface area contributed by atoms with Gasteiger partial charge in [0.15, 0.2) is 0 Å². The Morgan fingerprint density at radius 3 is 2.12 bits per heavy atom. The van der Waals surface area contributed by atoms with Crippen molar-refractivity contribution in [2.75, 3.05) is 7.05 Å². The van der Waals surface area contributed by atoms with Crippen LogP contribution in [0.4, 0.5) is 0 Å². The molecule has 0 unspecified atom stereocenters. The first-order valence-corrected chi connectivity index (χ1v) is 2.95. The second-order valence-electron chi connectivity index (χ2n) is 2.01. The van der Waals surface area contributed by atoms with Gasteiger partial charge in [-0.05, 0) is 25.2 Å². The van der Waals surface area contributed by atoms with Crippen LogP contribution in [-0.4, -0.2) is 11.9 Å². The molecule has 44 valence electrons. The minimum absolute atomic E-state index is 1.18. The molecule has 1 heterocycles. The maximum absolute atomic E-state index is 2.18. The van der Waals surface area contributed by atoms with E-state index in [-0.39, 0.29) is 0 Å². The van der Waals surface area contributed by atoms with Crippen molar-refractivity contribution in [3.8, 4) is 0 Å². The van der Waals surface area contributed by atoms with Gasteiger partial charge < -0.3 is 4.90 Å². The van der Waals surface area contributed by atoms with Crippen LogP contribution in [0.2, 0.25) is 0 Å². The molecular weight excluding hydrogens is 98.1 g/mol. The van der Waals surface area contributed by atoms with Crippen molar-refractivity contribution in [3.63, 3.8) is 0 Å². The lowest BCUT2D eigenvalue weighted by Gasteiger charge is -2.02. The fourth-order valence-corrected chi connectivity index (χ4v) is 0.724. The Balaban J connectivity index is 2.51. The van der Waals surface area contributed by atoms with Crippen molar-refractivity contribution in [2.24, 2.45) is 0 Å². The van der Waals surface area contributed by atoms with E-state index in [0.29, 0.717) is 0 Å². The summed E-state index contributed by atoms with van der Waals surface area (Å²) < 4.78 is 0. The summed E-state index contributed by atoms with van der Waals surface area (Å²) in [7, 11) is 2.04. The highest BCUT2D eigenvalue weighted by Crippen LogP contribution is 2.00. The van der Waals surface area contributed by atoms with Gasteiger partial charge in [0.05, 0.1) is 0 Å². The van der Waals surface area contributed by atoms with Gasteiger partial charge in [-0.15, -0.1) is 0 Å². The van der Waals surface area contributed by atoms with E-state index in [1.807, 2.05) is 7.05 Å². The van der Waals surface area contributed by atoms with Gasteiger partial charge in [-0.3, -0.25) is 0 Å². The molecule has 8 heavy (non-hydrogen) atoms. The summed E-state index contributed by atoms with van der Waals surface area (Å²) in [5.74, 6) is 0. The Labute approximate surface area is 50.3 Å². The summed E-state index contributed by atoms with van der Waals surface area (Å²) in [6.07, 6.45) is 10.9. The highest BCUT2D eigenvalue weighted by atomic mass is 15.0. The number of hydrogen-bond acceptors (Lipinski definition) is 1. The van der Waals surface area contributed by atoms with Crippen LogP contribution in [0.25, 0.3) is 0 Å². The SMILES string of the molecule is CN1C=CCCC=C1. The van der Waals surface area contributed by atoms with Gasteiger partial charge in [0.1, 0.15) is 0 Å². The minimum Gasteiger partial charge on any atom is -0.358 e. The fraction of sp³-hybridized carbons (Fsp3) is 0.429. The summed E-state index contributed by atoms with van der Waals surface area (Å²) in [4.78, 5) is 2.06. The normalized spacial score (nSPS) is 18.9. The Kier molecular flexibility index (Phi) is 1.73. The van der Waals surface area contributed by atoms with Crippen LogP contribution in [-0.2, 0) is 0 Å². The van der Waals surface area contributed by atoms with Gasteiger partial charge in [0, 0.05) is 7.05 Å². The van der Waals surface area contributed by atoms with E-state index in [1.165, 1.54) is 12.8 Å². The molecule has 0 amide bonds. The highest BCUT2D eigenvalue weighted by molar-refractivity contribution is 4.95. The smallest absolute Gasteiger partial charge is 0.0106 e. The zero-order valence-corrected chi connectivity index (χ0v) is 5.17. The molecule has 0 fully saturated rings. The van der Waals surface area contributed by atoms with E-state index in [1.54, 1.807) is 0 Å². The summed E-state index contributed by atoms with van der Waals surface area (Å²) in [6, 6.07) is 0. The minimum atomic E-state index is 1.18. The van der Waals surface area contributed by atoms with Crippen LogP contribution < -0.4 is 0 Å². The molecule has 0 aromatic rings. The predicted octanol–water partition coefficient (Wildman–Crippen LogP) is 1.74. The van der Waals surface area contributed by atoms with E-state index < -0.39 is 0 Å². The monoisotopic (exact) mass is 109 g/mol. The van der Waals surface area contributed by atoms with E-state index in [2.05, 4.69) is 29.5 Å². The molecule has 0 saturated carbocycles. The first-order valence-electron chi connectivity index (χ1n) is 2.95. The van der Waals surface area contributed by atoms with Crippen molar-refractivity contribution < 1.29 is 0 Å². The predicted molar refractivity (Wildman–Crippen MR) is 35.3 cm³/mol. The Bertz CT molecular complexity index is 99.6. The third kappa shape index (κ3) is 1.41. The van der Waals surface area contributed by atoms with E-state index in [9.17, 15) is 0 Å². The molecule has 0 radical (unpaired) electrons. The summed E-state index contributed by atoms with van der Waals surface area (Å²) in [5, 5.41) is 0. The van der Waals surface area contributed by atoms with Gasteiger partial charge in [0.2, 0.25) is 0 Å². The van der Waals surface area contributed by atoms with Gasteiger partial charge in [0.25, 0.3) is 0 Å². The average molecular weight is 109 g/mol. The quantitative estimate of drug-likeness (QED) is 0.458. The number of nitrogens with zero attached hydrogens (tertiary/aromatic N) is 1. The first kappa shape index (κ1) is 5.42. The third-order valence-corrected chi connectivity index (χ3v) is 1.18. The Hall–Kier alpha value is -0.720. The van der Waals surface area contributed by atoms with Crippen molar-refractivity contribution >= 4 is 0 Å². The van der Waals surface area contributed by atoms with Crippen molar-refractivity contribution in [1.82, 2.24) is 4.90 Å². The highest BCUT2D eigenvalue weighted by Gasteiger charge is 1.85. The van der Waals surface area contributed by atoms with E-state index >= 15 is 0 Å². The summed E-state index contributed by atoms with van der Waals surface area (Å²) >= 11 is 0. The van der Waals surface area contributed by atoms with Crippen molar-refractivity contribution in [3.05, 3.63) is 24.6 Å². The second kappa shape index (κ2) is 2.55. The zero-order valence-electron chi connectivity index (χ0n) is 5.17. The third-order valence-electron chi connectivity index (χ3n) is 1.18. The molecule has 0 bridgehead atoms. The lowest BCUT2D eigenvalue weighted by Crippen LogP contribution is -1.97. The van der Waals surface area contributed by atoms with E-state index in [0.717, 1.165) is 0 Å². The molecule has 1 nitrogen and oxygen atoms in total. The molecular formula is C7H11N. The molecule has 0 aromatic carbocycles. The number of hydrogen-bond donors (Lipinski definition) is 0. The zero-order chi connectivity index (χ0) is 5.82. The van der Waals surface area contributed by atoms with Crippen LogP contribution in [0.5, 0.6) is 0 Å². The van der Waals surface area contributed by atoms with Crippen LogP contribution in [0.3, 0.4) is 0 Å². The molecule has 0 aliphatic carbocycles. The van der Waals surface area contributed by atoms with Crippen LogP contribution in [0.1, 0.15) is 12.8 Å². The maximum Gasteiger partial charge on any atom is 0.0106 e. The molecule has 1 rings (SSSR count). The van der Waals surface area contributed by atoms with Gasteiger partial charge in [-0.25, -0.2) is 0 Å². The van der Waals surface area contributed by atoms with E-state index in [4.69, 9.17) is 0 Å². The summed E-state index contributed by atoms with van der Waals surface area (Å²) in [6.45, 7) is 0. The van der Waals surface area contributed by atoms with Crippen LogP contribution in [0.15, 0.2) is 24.6 Å². The standard InChI is InChI=1S/C7H11N/c1-8-6-4-2-3-5-7-8/h4-7H,2-3H2,1H3. The molecule has 0 spiro atoms. The van der Waals surface area contributed by atoms with Crippen molar-refractivity contribution in [1.29, 1.82) is 0 Å². The van der Waals surface area contributed by atoms with Gasteiger partial charge in [-0.2, -0.15) is 0 Å². The average Bonchev–Trinajstić information content (AvgIpc) is 1.94. The molecule has 1 aliphatic heterocycles. The van der Waals surface area contributed by atoms with Crippen molar-refractivity contribution in [2.45, 2.75) is 12.8 Å². The Morgan fingerprint density at radius 2 is 1.62 bits per heavy atom.